The van der Waals surface area contributed by atoms with Gasteiger partial charge in [-0.05, 0) is 38.4 Å². The van der Waals surface area contributed by atoms with Crippen LogP contribution in [0.2, 0.25) is 0 Å². The first kappa shape index (κ1) is 16.1. The fraction of sp³-hybridized carbons (Fsp3) is 0.562. The number of hydrogen-bond donors (Lipinski definition) is 0. The maximum absolute atomic E-state index is 12.6. The van der Waals surface area contributed by atoms with Crippen LogP contribution in [0.4, 0.5) is 0 Å². The molecule has 0 N–H and O–H groups in total. The van der Waals surface area contributed by atoms with Crippen molar-refractivity contribution in [3.8, 4) is 0 Å². The Morgan fingerprint density at radius 2 is 2.26 bits per heavy atom. The van der Waals surface area contributed by atoms with Crippen LogP contribution in [0.5, 0.6) is 0 Å². The molecule has 0 unspecified atom stereocenters. The lowest BCUT2D eigenvalue weighted by Gasteiger charge is -2.32. The molecule has 3 rings (SSSR count). The van der Waals surface area contributed by atoms with Gasteiger partial charge >= 0.3 is 0 Å². The summed E-state index contributed by atoms with van der Waals surface area (Å²) < 4.78 is 2.09. The number of thiophene rings is 1. The summed E-state index contributed by atoms with van der Waals surface area (Å²) in [5.74, 6) is 2.35. The fourth-order valence-corrected chi connectivity index (χ4v) is 3.72. The highest BCUT2D eigenvalue weighted by Gasteiger charge is 2.29. The number of nitrogens with zero attached hydrogens (tertiary/aromatic N) is 5. The van der Waals surface area contributed by atoms with Crippen LogP contribution in [0, 0.1) is 0 Å². The van der Waals surface area contributed by atoms with Gasteiger partial charge in [0.1, 0.15) is 11.6 Å². The van der Waals surface area contributed by atoms with E-state index in [1.165, 1.54) is 0 Å². The summed E-state index contributed by atoms with van der Waals surface area (Å²) in [5.41, 5.74) is 0.793. The molecular weight excluding hydrogens is 310 g/mol. The molecule has 6 nitrogen and oxygen atoms in total. The minimum absolute atomic E-state index is 0.131. The lowest BCUT2D eigenvalue weighted by Crippen LogP contribution is -2.39. The fourth-order valence-electron chi connectivity index (χ4n) is 3.09. The van der Waals surface area contributed by atoms with Crippen molar-refractivity contribution in [2.75, 3.05) is 27.2 Å². The summed E-state index contributed by atoms with van der Waals surface area (Å²) in [5, 5.41) is 12.6. The van der Waals surface area contributed by atoms with Gasteiger partial charge in [-0.1, -0.05) is 0 Å². The first-order valence-corrected chi connectivity index (χ1v) is 8.85. The van der Waals surface area contributed by atoms with Crippen LogP contribution >= 0.6 is 11.3 Å². The number of hydrogen-bond acceptors (Lipinski definition) is 5. The molecular formula is C16H23N5OS. The predicted molar refractivity (Wildman–Crippen MR) is 90.6 cm³/mol. The molecule has 3 heterocycles. The Bertz CT molecular complexity index is 664. The largest absolute Gasteiger partial charge is 0.338 e. The normalized spacial score (nSPS) is 18.6. The van der Waals surface area contributed by atoms with E-state index in [4.69, 9.17) is 0 Å². The number of carbonyl (C=O) groups is 1. The van der Waals surface area contributed by atoms with E-state index in [2.05, 4.69) is 19.7 Å². The van der Waals surface area contributed by atoms with Gasteiger partial charge in [0.05, 0.1) is 12.1 Å². The Morgan fingerprint density at radius 1 is 1.43 bits per heavy atom. The predicted octanol–water partition coefficient (Wildman–Crippen LogP) is 1.96. The van der Waals surface area contributed by atoms with Crippen molar-refractivity contribution >= 4 is 17.2 Å². The van der Waals surface area contributed by atoms with E-state index >= 15 is 0 Å². The van der Waals surface area contributed by atoms with Crippen molar-refractivity contribution in [3.05, 3.63) is 34.0 Å². The molecule has 0 aromatic carbocycles. The molecule has 124 valence electrons. The highest BCUT2D eigenvalue weighted by atomic mass is 32.1. The summed E-state index contributed by atoms with van der Waals surface area (Å²) in [6.07, 6.45) is 2.07. The highest BCUT2D eigenvalue weighted by Crippen LogP contribution is 2.27. The van der Waals surface area contributed by atoms with Gasteiger partial charge in [0, 0.05) is 31.4 Å². The van der Waals surface area contributed by atoms with Crippen molar-refractivity contribution in [2.45, 2.75) is 25.3 Å². The van der Waals surface area contributed by atoms with Gasteiger partial charge in [-0.3, -0.25) is 4.79 Å². The molecule has 0 radical (unpaired) electrons. The van der Waals surface area contributed by atoms with E-state index in [9.17, 15) is 4.79 Å². The van der Waals surface area contributed by atoms with Gasteiger partial charge in [0.2, 0.25) is 0 Å². The summed E-state index contributed by atoms with van der Waals surface area (Å²) in [6.45, 7) is 2.32. The zero-order chi connectivity index (χ0) is 16.4. The van der Waals surface area contributed by atoms with Crippen LogP contribution in [-0.2, 0) is 13.6 Å². The Hall–Kier alpha value is -1.73. The second-order valence-electron chi connectivity index (χ2n) is 6.37. The quantitative estimate of drug-likeness (QED) is 0.858. The van der Waals surface area contributed by atoms with Crippen molar-refractivity contribution in [1.82, 2.24) is 24.6 Å². The molecule has 1 fully saturated rings. The molecule has 2 aromatic heterocycles. The average Bonchev–Trinajstić information content (AvgIpc) is 3.17. The molecule has 1 aliphatic rings. The minimum atomic E-state index is 0.131. The van der Waals surface area contributed by atoms with Gasteiger partial charge in [0.15, 0.2) is 0 Å². The average molecular weight is 333 g/mol. The lowest BCUT2D eigenvalue weighted by molar-refractivity contribution is 0.0704. The number of amides is 1. The van der Waals surface area contributed by atoms with Crippen molar-refractivity contribution < 1.29 is 4.79 Å². The molecule has 7 heteroatoms. The van der Waals surface area contributed by atoms with Crippen molar-refractivity contribution in [1.29, 1.82) is 0 Å². The summed E-state index contributed by atoms with van der Waals surface area (Å²) >= 11 is 1.56. The van der Waals surface area contributed by atoms with Crippen LogP contribution in [-0.4, -0.2) is 57.7 Å². The number of piperidine rings is 1. The molecule has 0 bridgehead atoms. The molecule has 1 saturated heterocycles. The van der Waals surface area contributed by atoms with E-state index < -0.39 is 0 Å². The first-order valence-electron chi connectivity index (χ1n) is 7.90. The van der Waals surface area contributed by atoms with Gasteiger partial charge in [-0.25, -0.2) is 0 Å². The first-order chi connectivity index (χ1) is 11.1. The third-order valence-corrected chi connectivity index (χ3v) is 4.98. The van der Waals surface area contributed by atoms with Crippen LogP contribution in [0.1, 0.15) is 40.8 Å². The molecule has 0 saturated carbocycles. The number of likely N-dealkylation sites (tertiary alicyclic amines) is 1. The molecule has 23 heavy (non-hydrogen) atoms. The second kappa shape index (κ2) is 6.80. The Labute approximate surface area is 140 Å². The lowest BCUT2D eigenvalue weighted by atomic mass is 9.96. The number of aromatic nitrogens is 3. The topological polar surface area (TPSA) is 54.3 Å². The van der Waals surface area contributed by atoms with E-state index in [1.54, 1.807) is 11.3 Å². The van der Waals surface area contributed by atoms with Gasteiger partial charge in [-0.15, -0.1) is 10.2 Å². The molecule has 1 atom stereocenters. The van der Waals surface area contributed by atoms with E-state index in [0.717, 1.165) is 49.7 Å². The number of carbonyl (C=O) groups excluding carboxylic acids is 1. The van der Waals surface area contributed by atoms with Crippen molar-refractivity contribution in [2.24, 2.45) is 7.05 Å². The molecule has 0 spiro atoms. The summed E-state index contributed by atoms with van der Waals surface area (Å²) in [7, 11) is 6.07. The summed E-state index contributed by atoms with van der Waals surface area (Å²) in [4.78, 5) is 16.6. The second-order valence-corrected chi connectivity index (χ2v) is 7.15. The third kappa shape index (κ3) is 3.45. The maximum atomic E-state index is 12.6. The Balaban J connectivity index is 1.74. The molecule has 1 aliphatic heterocycles. The Kier molecular flexibility index (Phi) is 4.77. The third-order valence-electron chi connectivity index (χ3n) is 4.30. The molecule has 1 amide bonds. The maximum Gasteiger partial charge on any atom is 0.254 e. The van der Waals surface area contributed by atoms with Gasteiger partial charge in [0.25, 0.3) is 5.91 Å². The smallest absolute Gasteiger partial charge is 0.254 e. The zero-order valence-electron chi connectivity index (χ0n) is 13.9. The van der Waals surface area contributed by atoms with Gasteiger partial charge in [-0.2, -0.15) is 11.3 Å². The van der Waals surface area contributed by atoms with E-state index in [-0.39, 0.29) is 11.8 Å². The highest BCUT2D eigenvalue weighted by molar-refractivity contribution is 7.08. The minimum Gasteiger partial charge on any atom is -0.338 e. The zero-order valence-corrected chi connectivity index (χ0v) is 14.7. The van der Waals surface area contributed by atoms with E-state index in [1.807, 2.05) is 42.9 Å². The monoisotopic (exact) mass is 333 g/mol. The van der Waals surface area contributed by atoms with E-state index in [0.29, 0.717) is 0 Å². The summed E-state index contributed by atoms with van der Waals surface area (Å²) in [6, 6.07) is 1.90. The molecule has 2 aromatic rings. The molecule has 0 aliphatic carbocycles. The number of rotatable bonds is 4. The van der Waals surface area contributed by atoms with Gasteiger partial charge < -0.3 is 14.4 Å². The Morgan fingerprint density at radius 3 is 2.96 bits per heavy atom. The van der Waals surface area contributed by atoms with Crippen LogP contribution in [0.15, 0.2) is 16.8 Å². The van der Waals surface area contributed by atoms with Crippen LogP contribution < -0.4 is 0 Å². The SMILES string of the molecule is CN(C)Cc1nnc([C@@H]2CCCN(C(=O)c3ccsc3)C2)n1C. The standard InChI is InChI=1S/C16H23N5OS/c1-19(2)10-14-17-18-15(20(14)3)12-5-4-7-21(9-12)16(22)13-6-8-23-11-13/h6,8,11-12H,4-5,7,9-10H2,1-3H3/t12-/m1/s1. The van der Waals surface area contributed by atoms with Crippen LogP contribution in [0.3, 0.4) is 0 Å². The van der Waals surface area contributed by atoms with Crippen molar-refractivity contribution in [3.63, 3.8) is 0 Å². The van der Waals surface area contributed by atoms with Crippen LogP contribution in [0.25, 0.3) is 0 Å².